The van der Waals surface area contributed by atoms with Crippen LogP contribution in [-0.4, -0.2) is 88.7 Å². The number of ether oxygens (including phenoxy) is 2. The molecule has 2 fully saturated rings. The van der Waals surface area contributed by atoms with Crippen LogP contribution >= 0.6 is 0 Å². The minimum absolute atomic E-state index is 0.156. The minimum atomic E-state index is -4.72. The number of fused-ring (bicyclic) bond motifs is 1. The molecule has 4 heterocycles. The molecule has 3 aliphatic rings. The number of aromatic nitrogens is 1. The molecule has 0 saturated carbocycles. The summed E-state index contributed by atoms with van der Waals surface area (Å²) < 4.78 is 52.0. The zero-order chi connectivity index (χ0) is 29.6. The highest BCUT2D eigenvalue weighted by Gasteiger charge is 2.59. The van der Waals surface area contributed by atoms with E-state index in [0.717, 1.165) is 16.9 Å². The van der Waals surface area contributed by atoms with Gasteiger partial charge in [0, 0.05) is 19.2 Å². The molecule has 0 bridgehead atoms. The van der Waals surface area contributed by atoms with E-state index in [1.165, 1.54) is 6.20 Å². The van der Waals surface area contributed by atoms with Gasteiger partial charge in [-0.1, -0.05) is 20.8 Å². The second-order valence-electron chi connectivity index (χ2n) is 11.1. The first-order chi connectivity index (χ1) is 18.6. The fourth-order valence-electron chi connectivity index (χ4n) is 5.24. The van der Waals surface area contributed by atoms with Crippen molar-refractivity contribution in [2.24, 2.45) is 11.3 Å². The van der Waals surface area contributed by atoms with Crippen LogP contribution in [0.25, 0.3) is 0 Å². The molecule has 40 heavy (non-hydrogen) atoms. The lowest BCUT2D eigenvalue weighted by atomic mass is 9.85. The van der Waals surface area contributed by atoms with Gasteiger partial charge in [-0.3, -0.25) is 14.4 Å². The molecule has 0 aliphatic carbocycles. The van der Waals surface area contributed by atoms with Crippen LogP contribution < -0.4 is 15.4 Å². The Labute approximate surface area is 227 Å². The monoisotopic (exact) mass is 566 g/mol. The Morgan fingerprint density at radius 2 is 2.00 bits per heavy atom. The molecular formula is C25H29F3N6O6. The molecule has 15 heteroatoms. The number of anilines is 1. The average Bonchev–Trinajstić information content (AvgIpc) is 3.49. The molecule has 12 nitrogen and oxygen atoms in total. The summed E-state index contributed by atoms with van der Waals surface area (Å²) in [5.74, 6) is -4.14. The van der Waals surface area contributed by atoms with Gasteiger partial charge in [-0.15, -0.1) is 0 Å². The van der Waals surface area contributed by atoms with Gasteiger partial charge in [0.05, 0.1) is 25.6 Å². The summed E-state index contributed by atoms with van der Waals surface area (Å²) in [5, 5.41) is 14.8. The van der Waals surface area contributed by atoms with Gasteiger partial charge in [0.25, 0.3) is 5.91 Å². The van der Waals surface area contributed by atoms with Crippen LogP contribution in [0.1, 0.15) is 33.6 Å². The standard InChI is InChI=1S/C25H29F3N6O6/c1-23(2,3)17(31-22(38)39-4)20(36)33-11-13(25(26,27)28)8-15(33)19(35)34-12-24(9-14(34)10-29)21(37)32-18-16(40-24)6-5-7-30-18/h5-7,13-15,17H,8-9,11-12H2,1-4H3,(H,31,38)(H,30,32,37). The summed E-state index contributed by atoms with van der Waals surface area (Å²) in [4.78, 5) is 58.3. The predicted octanol–water partition coefficient (Wildman–Crippen LogP) is 1.83. The maximum absolute atomic E-state index is 13.8. The van der Waals surface area contributed by atoms with E-state index in [0.29, 0.717) is 0 Å². The Hall–Kier alpha value is -4.09. The lowest BCUT2D eigenvalue weighted by Gasteiger charge is -2.36. The number of hydrogen-bond donors (Lipinski definition) is 2. The van der Waals surface area contributed by atoms with Gasteiger partial charge in [0.15, 0.2) is 11.6 Å². The third kappa shape index (κ3) is 5.22. The van der Waals surface area contributed by atoms with Gasteiger partial charge in [0.2, 0.25) is 17.4 Å². The van der Waals surface area contributed by atoms with E-state index >= 15 is 0 Å². The van der Waals surface area contributed by atoms with Crippen LogP contribution in [0.2, 0.25) is 0 Å². The number of rotatable bonds is 3. The second-order valence-corrected chi connectivity index (χ2v) is 11.1. The number of hydrogen-bond acceptors (Lipinski definition) is 8. The molecule has 1 aromatic rings. The molecular weight excluding hydrogens is 537 g/mol. The smallest absolute Gasteiger partial charge is 0.407 e. The molecule has 4 rings (SSSR count). The second kappa shape index (κ2) is 10.1. The van der Waals surface area contributed by atoms with Gasteiger partial charge in [-0.25, -0.2) is 9.78 Å². The highest BCUT2D eigenvalue weighted by Crippen LogP contribution is 2.42. The zero-order valence-electron chi connectivity index (χ0n) is 22.2. The van der Waals surface area contributed by atoms with E-state index in [1.54, 1.807) is 32.9 Å². The lowest BCUT2D eigenvalue weighted by molar-refractivity contribution is -0.171. The molecule has 5 atom stereocenters. The number of carbonyl (C=O) groups excluding carboxylic acids is 4. The lowest BCUT2D eigenvalue weighted by Crippen LogP contribution is -2.59. The maximum atomic E-state index is 13.8. The normalized spacial score (nSPS) is 26.9. The third-order valence-corrected chi connectivity index (χ3v) is 7.37. The number of alkyl carbamates (subject to hydrolysis) is 1. The minimum Gasteiger partial charge on any atom is -0.472 e. The summed E-state index contributed by atoms with van der Waals surface area (Å²) >= 11 is 0. The van der Waals surface area contributed by atoms with E-state index in [1.807, 2.05) is 6.07 Å². The van der Waals surface area contributed by atoms with Gasteiger partial charge in [-0.2, -0.15) is 18.4 Å². The molecule has 5 unspecified atom stereocenters. The Bertz CT molecular complexity index is 1260. The van der Waals surface area contributed by atoms with Crippen LogP contribution in [0.5, 0.6) is 5.75 Å². The SMILES string of the molecule is COC(=O)NC(C(=O)N1CC(C(F)(F)F)CC1C(=O)N1CC2(CC1C#N)Oc1cccnc1NC2=O)C(C)(C)C. The number of carbonyl (C=O) groups is 4. The Balaban J connectivity index is 1.66. The van der Waals surface area contributed by atoms with E-state index in [-0.39, 0.29) is 18.0 Å². The van der Waals surface area contributed by atoms with Crippen LogP contribution in [-0.2, 0) is 19.1 Å². The summed E-state index contributed by atoms with van der Waals surface area (Å²) in [5.41, 5.74) is -2.64. The van der Waals surface area contributed by atoms with Crippen LogP contribution in [0.3, 0.4) is 0 Å². The molecule has 2 N–H and O–H groups in total. The molecule has 3 aliphatic heterocycles. The van der Waals surface area contributed by atoms with Gasteiger partial charge >= 0.3 is 12.3 Å². The van der Waals surface area contributed by atoms with Crippen molar-refractivity contribution in [3.8, 4) is 11.8 Å². The molecule has 2 saturated heterocycles. The molecule has 216 valence electrons. The Morgan fingerprint density at radius 1 is 1.30 bits per heavy atom. The maximum Gasteiger partial charge on any atom is 0.407 e. The van der Waals surface area contributed by atoms with Gasteiger partial charge < -0.3 is 29.9 Å². The summed E-state index contributed by atoms with van der Waals surface area (Å²) in [7, 11) is 1.07. The van der Waals surface area contributed by atoms with Crippen molar-refractivity contribution in [1.82, 2.24) is 20.1 Å². The molecule has 0 radical (unpaired) electrons. The van der Waals surface area contributed by atoms with Crippen molar-refractivity contribution in [3.05, 3.63) is 18.3 Å². The summed E-state index contributed by atoms with van der Waals surface area (Å²) in [6, 6.07) is 0.898. The van der Waals surface area contributed by atoms with Crippen molar-refractivity contribution < 1.29 is 41.8 Å². The number of nitrogens with one attached hydrogen (secondary N) is 2. The summed E-state index contributed by atoms with van der Waals surface area (Å²) in [6.07, 6.45) is -5.24. The predicted molar refractivity (Wildman–Crippen MR) is 130 cm³/mol. The highest BCUT2D eigenvalue weighted by atomic mass is 19.4. The zero-order valence-corrected chi connectivity index (χ0v) is 22.2. The van der Waals surface area contributed by atoms with E-state index in [2.05, 4.69) is 20.4 Å². The molecule has 1 spiro atoms. The third-order valence-electron chi connectivity index (χ3n) is 7.37. The molecule has 0 aromatic carbocycles. The van der Waals surface area contributed by atoms with E-state index in [4.69, 9.17) is 4.74 Å². The number of nitrogens with zero attached hydrogens (tertiary/aromatic N) is 4. The molecule has 1 aromatic heterocycles. The van der Waals surface area contributed by atoms with Crippen molar-refractivity contribution in [2.75, 3.05) is 25.5 Å². The number of nitriles is 1. The van der Waals surface area contributed by atoms with Crippen molar-refractivity contribution in [1.29, 1.82) is 5.26 Å². The largest absolute Gasteiger partial charge is 0.472 e. The average molecular weight is 567 g/mol. The number of alkyl halides is 3. The van der Waals surface area contributed by atoms with Crippen LogP contribution in [0.15, 0.2) is 18.3 Å². The Kier molecular flexibility index (Phi) is 7.33. The quantitative estimate of drug-likeness (QED) is 0.562. The number of methoxy groups -OCH3 is 1. The van der Waals surface area contributed by atoms with Crippen LogP contribution in [0.4, 0.5) is 23.8 Å². The Morgan fingerprint density at radius 3 is 2.60 bits per heavy atom. The topological polar surface area (TPSA) is 154 Å². The van der Waals surface area contributed by atoms with Crippen molar-refractivity contribution >= 4 is 29.6 Å². The first-order valence-corrected chi connectivity index (χ1v) is 12.5. The number of likely N-dealkylation sites (tertiary alicyclic amines) is 2. The number of halogens is 3. The molecule has 4 amide bonds. The fourth-order valence-corrected chi connectivity index (χ4v) is 5.24. The van der Waals surface area contributed by atoms with Crippen molar-refractivity contribution in [2.45, 2.75) is 63.5 Å². The van der Waals surface area contributed by atoms with Gasteiger partial charge in [-0.05, 0) is 24.0 Å². The van der Waals surface area contributed by atoms with Crippen molar-refractivity contribution in [3.63, 3.8) is 0 Å². The number of pyridine rings is 1. The number of amides is 4. The first kappa shape index (κ1) is 28.9. The fraction of sp³-hybridized carbons (Fsp3) is 0.600. The van der Waals surface area contributed by atoms with Gasteiger partial charge in [0.1, 0.15) is 18.1 Å². The first-order valence-electron chi connectivity index (χ1n) is 12.5. The highest BCUT2D eigenvalue weighted by molar-refractivity contribution is 6.01. The summed E-state index contributed by atoms with van der Waals surface area (Å²) in [6.45, 7) is 3.55. The van der Waals surface area contributed by atoms with E-state index in [9.17, 15) is 37.6 Å². The van der Waals surface area contributed by atoms with E-state index < -0.39 is 84.6 Å². The van der Waals surface area contributed by atoms with Crippen LogP contribution in [0, 0.1) is 22.7 Å².